The molecule has 2 heterocycles. The van der Waals surface area contributed by atoms with Gasteiger partial charge in [0, 0.05) is 79.0 Å². The Morgan fingerprint density at radius 3 is 2.48 bits per heavy atom. The van der Waals surface area contributed by atoms with Crippen LogP contribution < -0.4 is 19.5 Å². The van der Waals surface area contributed by atoms with Crippen molar-refractivity contribution in [3.63, 3.8) is 0 Å². The molecule has 4 aromatic rings. The van der Waals surface area contributed by atoms with Crippen LogP contribution in [0.3, 0.4) is 0 Å². The Morgan fingerprint density at radius 1 is 0.940 bits per heavy atom. The molecule has 264 valence electrons. The zero-order valence-electron chi connectivity index (χ0n) is 27.3. The van der Waals surface area contributed by atoms with Gasteiger partial charge >= 0.3 is 0 Å². The number of hydrogen-bond acceptors (Lipinski definition) is 10. The highest BCUT2D eigenvalue weighted by Gasteiger charge is 2.20. The number of aromatic nitrogens is 1. The summed E-state index contributed by atoms with van der Waals surface area (Å²) in [5.74, 6) is 1.40. The average Bonchev–Trinajstić information content (AvgIpc) is 3.55. The number of nitriles is 1. The lowest BCUT2D eigenvalue weighted by molar-refractivity contribution is 0.0941. The molecule has 0 amide bonds. The van der Waals surface area contributed by atoms with Gasteiger partial charge in [0.05, 0.1) is 46.1 Å². The van der Waals surface area contributed by atoms with Gasteiger partial charge in [-0.2, -0.15) is 5.26 Å². The van der Waals surface area contributed by atoms with Crippen molar-refractivity contribution in [2.24, 2.45) is 0 Å². The van der Waals surface area contributed by atoms with Crippen LogP contribution in [-0.2, 0) is 19.8 Å². The minimum Gasteiger partial charge on any atom is -0.492 e. The van der Waals surface area contributed by atoms with Crippen molar-refractivity contribution in [2.45, 2.75) is 44.8 Å². The molecular formula is C37H39Cl3N4O6. The first-order valence-corrected chi connectivity index (χ1v) is 17.4. The molecule has 0 bridgehead atoms. The SMILES string of the molecule is N#Cc1cncc(COc2cc(OCc3cccc(-c4cccc(OCCCN5CC[C@@H](O)C5)c4Cl)c3Cl)c(Cl)cc2CNC[C@H](O)CO)c1. The van der Waals surface area contributed by atoms with Gasteiger partial charge in [0.1, 0.15) is 36.5 Å². The van der Waals surface area contributed by atoms with E-state index in [0.29, 0.717) is 74.3 Å². The molecule has 1 aromatic heterocycles. The topological polar surface area (TPSA) is 140 Å². The number of benzene rings is 3. The van der Waals surface area contributed by atoms with Gasteiger partial charge in [0.15, 0.2) is 0 Å². The molecular weight excluding hydrogens is 703 g/mol. The number of β-amino-alcohol motifs (C(OH)–C–C–N with tert-alkyl or cyclic N) is 1. The Labute approximate surface area is 306 Å². The van der Waals surface area contributed by atoms with E-state index in [1.54, 1.807) is 24.4 Å². The van der Waals surface area contributed by atoms with Gasteiger partial charge in [-0.05, 0) is 31.0 Å². The highest BCUT2D eigenvalue weighted by molar-refractivity contribution is 6.37. The van der Waals surface area contributed by atoms with Crippen LogP contribution in [0, 0.1) is 11.3 Å². The number of nitrogens with zero attached hydrogens (tertiary/aromatic N) is 3. The van der Waals surface area contributed by atoms with E-state index in [2.05, 4.69) is 21.3 Å². The number of hydrogen-bond donors (Lipinski definition) is 4. The van der Waals surface area contributed by atoms with Crippen molar-refractivity contribution in [1.29, 1.82) is 5.26 Å². The van der Waals surface area contributed by atoms with Crippen LogP contribution >= 0.6 is 34.8 Å². The molecule has 0 unspecified atom stereocenters. The summed E-state index contributed by atoms with van der Waals surface area (Å²) in [6, 6.07) is 18.4. The first-order chi connectivity index (χ1) is 24.2. The van der Waals surface area contributed by atoms with Gasteiger partial charge in [0.25, 0.3) is 0 Å². The van der Waals surface area contributed by atoms with E-state index in [1.165, 1.54) is 6.20 Å². The summed E-state index contributed by atoms with van der Waals surface area (Å²) in [5.41, 5.74) is 3.98. The van der Waals surface area contributed by atoms with E-state index in [-0.39, 0.29) is 32.5 Å². The molecule has 0 spiro atoms. The Balaban J connectivity index is 1.29. The van der Waals surface area contributed by atoms with Crippen LogP contribution in [0.2, 0.25) is 15.1 Å². The Hall–Kier alpha value is -3.63. The molecule has 4 N–H and O–H groups in total. The van der Waals surface area contributed by atoms with Gasteiger partial charge in [-0.3, -0.25) is 4.98 Å². The summed E-state index contributed by atoms with van der Waals surface area (Å²) in [4.78, 5) is 6.32. The fraction of sp³-hybridized carbons (Fsp3) is 0.351. The Bertz CT molecular complexity index is 1790. The third-order valence-electron chi connectivity index (χ3n) is 8.18. The molecule has 0 saturated carbocycles. The Kier molecular flexibility index (Phi) is 14.0. The number of aliphatic hydroxyl groups is 3. The molecule has 2 atom stereocenters. The quantitative estimate of drug-likeness (QED) is 0.0951. The molecule has 5 rings (SSSR count). The molecule has 1 saturated heterocycles. The van der Waals surface area contributed by atoms with E-state index >= 15 is 0 Å². The summed E-state index contributed by atoms with van der Waals surface area (Å²) >= 11 is 20.4. The fourth-order valence-corrected chi connectivity index (χ4v) is 6.36. The van der Waals surface area contributed by atoms with Gasteiger partial charge < -0.3 is 39.7 Å². The predicted octanol–water partition coefficient (Wildman–Crippen LogP) is 6.02. The van der Waals surface area contributed by atoms with Crippen molar-refractivity contribution >= 4 is 34.8 Å². The first kappa shape index (κ1) is 37.6. The zero-order chi connectivity index (χ0) is 35.5. The maximum Gasteiger partial charge on any atom is 0.142 e. The minimum absolute atomic E-state index is 0.0965. The van der Waals surface area contributed by atoms with Crippen molar-refractivity contribution in [3.8, 4) is 34.4 Å². The summed E-state index contributed by atoms with van der Waals surface area (Å²) in [5, 5.41) is 42.3. The molecule has 1 aliphatic heterocycles. The Morgan fingerprint density at radius 2 is 1.72 bits per heavy atom. The molecule has 10 nitrogen and oxygen atoms in total. The minimum atomic E-state index is -0.913. The molecule has 0 radical (unpaired) electrons. The summed E-state index contributed by atoms with van der Waals surface area (Å²) in [6.07, 6.45) is 3.56. The molecule has 0 aliphatic carbocycles. The lowest BCUT2D eigenvalue weighted by atomic mass is 10.0. The number of aliphatic hydroxyl groups excluding tert-OH is 3. The fourth-order valence-electron chi connectivity index (χ4n) is 5.56. The third-order valence-corrected chi connectivity index (χ3v) is 9.31. The van der Waals surface area contributed by atoms with E-state index in [1.807, 2.05) is 36.4 Å². The smallest absolute Gasteiger partial charge is 0.142 e. The second-order valence-electron chi connectivity index (χ2n) is 12.0. The summed E-state index contributed by atoms with van der Waals surface area (Å²) < 4.78 is 18.4. The normalized spacial score (nSPS) is 15.1. The largest absolute Gasteiger partial charge is 0.492 e. The van der Waals surface area contributed by atoms with Crippen molar-refractivity contribution < 1.29 is 29.5 Å². The molecule has 13 heteroatoms. The maximum atomic E-state index is 9.76. The van der Waals surface area contributed by atoms with Crippen LogP contribution in [0.15, 0.2) is 67.0 Å². The molecule has 1 aliphatic rings. The maximum absolute atomic E-state index is 9.76. The lowest BCUT2D eigenvalue weighted by Gasteiger charge is -2.18. The second-order valence-corrected chi connectivity index (χ2v) is 13.1. The van der Waals surface area contributed by atoms with E-state index in [4.69, 9.17) is 54.1 Å². The monoisotopic (exact) mass is 740 g/mol. The van der Waals surface area contributed by atoms with Crippen LogP contribution in [0.25, 0.3) is 11.1 Å². The van der Waals surface area contributed by atoms with E-state index in [0.717, 1.165) is 37.1 Å². The van der Waals surface area contributed by atoms with Crippen LogP contribution in [0.4, 0.5) is 0 Å². The molecule has 50 heavy (non-hydrogen) atoms. The van der Waals surface area contributed by atoms with Crippen molar-refractivity contribution in [3.05, 3.63) is 104 Å². The second kappa shape index (κ2) is 18.6. The zero-order valence-corrected chi connectivity index (χ0v) is 29.6. The van der Waals surface area contributed by atoms with Crippen molar-refractivity contribution in [2.75, 3.05) is 39.4 Å². The number of likely N-dealkylation sites (tertiary alicyclic amines) is 1. The van der Waals surface area contributed by atoms with Crippen LogP contribution in [0.1, 0.15) is 35.1 Å². The summed E-state index contributed by atoms with van der Waals surface area (Å²) in [6.45, 7) is 3.26. The first-order valence-electron chi connectivity index (χ1n) is 16.3. The predicted molar refractivity (Wildman–Crippen MR) is 193 cm³/mol. The van der Waals surface area contributed by atoms with Gasteiger partial charge in [-0.15, -0.1) is 0 Å². The number of pyridine rings is 1. The highest BCUT2D eigenvalue weighted by atomic mass is 35.5. The third kappa shape index (κ3) is 10.2. The summed E-state index contributed by atoms with van der Waals surface area (Å²) in [7, 11) is 0. The van der Waals surface area contributed by atoms with Crippen LogP contribution in [0.5, 0.6) is 17.2 Å². The number of nitrogens with one attached hydrogen (secondary N) is 1. The van der Waals surface area contributed by atoms with E-state index in [9.17, 15) is 15.5 Å². The van der Waals surface area contributed by atoms with Crippen LogP contribution in [-0.4, -0.2) is 76.8 Å². The number of rotatable bonds is 17. The highest BCUT2D eigenvalue weighted by Crippen LogP contribution is 2.40. The van der Waals surface area contributed by atoms with Gasteiger partial charge in [-0.25, -0.2) is 0 Å². The number of ether oxygens (including phenoxy) is 3. The molecule has 1 fully saturated rings. The van der Waals surface area contributed by atoms with Crippen molar-refractivity contribution in [1.82, 2.24) is 15.2 Å². The number of halogens is 3. The lowest BCUT2D eigenvalue weighted by Crippen LogP contribution is -2.29. The average molecular weight is 742 g/mol. The van der Waals surface area contributed by atoms with Gasteiger partial charge in [-0.1, -0.05) is 65.1 Å². The van der Waals surface area contributed by atoms with Gasteiger partial charge in [0.2, 0.25) is 0 Å². The molecule has 3 aromatic carbocycles. The standard InChI is InChI=1S/C37H39Cl3N4O6/c38-32-13-27(18-43-19-29(47)21-45)34(49-22-25-12-24(15-41)16-42-17-25)14-35(32)50-23-26-4-1-5-30(36(26)39)31-6-2-7-33(37(31)40)48-11-3-9-44-10-8-28(46)20-44/h1-2,4-7,12-14,16-17,28-29,43,45-47H,3,8-11,18-23H2/t28-,29+/m1/s1. The van der Waals surface area contributed by atoms with E-state index < -0.39 is 6.10 Å².